The first-order valence-corrected chi connectivity index (χ1v) is 6.33. The van der Waals surface area contributed by atoms with Gasteiger partial charge < -0.3 is 4.74 Å². The van der Waals surface area contributed by atoms with Crippen molar-refractivity contribution in [2.75, 3.05) is 4.90 Å². The van der Waals surface area contributed by atoms with Gasteiger partial charge in [-0.25, -0.2) is 0 Å². The molecule has 0 spiro atoms. The van der Waals surface area contributed by atoms with Crippen LogP contribution < -0.4 is 9.64 Å². The first-order chi connectivity index (χ1) is 8.66. The quantitative estimate of drug-likeness (QED) is 0.728. The van der Waals surface area contributed by atoms with E-state index in [9.17, 15) is 4.79 Å². The summed E-state index contributed by atoms with van der Waals surface area (Å²) in [5.74, 6) is 1.35. The molecule has 18 heavy (non-hydrogen) atoms. The third-order valence-corrected chi connectivity index (χ3v) is 3.30. The fraction of sp³-hybridized carbons (Fsp3) is 0.0714. The monoisotopic (exact) mass is 303 g/mol. The molecule has 90 valence electrons. The van der Waals surface area contributed by atoms with E-state index in [-0.39, 0.29) is 5.91 Å². The highest BCUT2D eigenvalue weighted by Gasteiger charge is 2.26. The van der Waals surface area contributed by atoms with E-state index < -0.39 is 0 Å². The summed E-state index contributed by atoms with van der Waals surface area (Å²) in [6.45, 7) is 1.55. The van der Waals surface area contributed by atoms with Gasteiger partial charge in [0.05, 0.1) is 11.4 Å². The van der Waals surface area contributed by atoms with Gasteiger partial charge in [-0.1, -0.05) is 28.1 Å². The van der Waals surface area contributed by atoms with E-state index in [4.69, 9.17) is 4.74 Å². The molecule has 0 aliphatic carbocycles. The predicted molar refractivity (Wildman–Crippen MR) is 73.5 cm³/mol. The molecule has 0 saturated carbocycles. The molecular weight excluding hydrogens is 294 g/mol. The number of para-hydroxylation sites is 2. The standard InChI is InChI=1S/C14H10BrNO2/c1-9(17)16-11-4-2-3-5-13(11)18-14-7-6-10(15)8-12(14)16/h2-8H,1H3. The van der Waals surface area contributed by atoms with Crippen LogP contribution in [0.1, 0.15) is 6.92 Å². The van der Waals surface area contributed by atoms with E-state index in [0.717, 1.165) is 15.8 Å². The Morgan fingerprint density at radius 1 is 1.11 bits per heavy atom. The van der Waals surface area contributed by atoms with Gasteiger partial charge in [-0.3, -0.25) is 9.69 Å². The van der Waals surface area contributed by atoms with Crippen LogP contribution in [0.4, 0.5) is 11.4 Å². The lowest BCUT2D eigenvalue weighted by Gasteiger charge is -2.30. The predicted octanol–water partition coefficient (Wildman–Crippen LogP) is 4.24. The van der Waals surface area contributed by atoms with Gasteiger partial charge in [0.15, 0.2) is 11.5 Å². The Morgan fingerprint density at radius 3 is 2.61 bits per heavy atom. The molecular formula is C14H10BrNO2. The van der Waals surface area contributed by atoms with Crippen LogP contribution in [0.15, 0.2) is 46.9 Å². The van der Waals surface area contributed by atoms with Crippen LogP contribution in [-0.2, 0) is 4.79 Å². The number of halogens is 1. The van der Waals surface area contributed by atoms with E-state index in [1.54, 1.807) is 11.8 Å². The number of hydrogen-bond acceptors (Lipinski definition) is 2. The van der Waals surface area contributed by atoms with Crippen molar-refractivity contribution in [3.8, 4) is 11.5 Å². The van der Waals surface area contributed by atoms with Crippen LogP contribution in [0.2, 0.25) is 0 Å². The maximum atomic E-state index is 11.9. The minimum atomic E-state index is -0.0369. The first-order valence-electron chi connectivity index (χ1n) is 5.54. The molecule has 1 amide bonds. The van der Waals surface area contributed by atoms with Crippen LogP contribution in [0.5, 0.6) is 11.5 Å². The van der Waals surface area contributed by atoms with E-state index in [1.165, 1.54) is 0 Å². The van der Waals surface area contributed by atoms with Crippen LogP contribution in [-0.4, -0.2) is 5.91 Å². The molecule has 0 fully saturated rings. The minimum absolute atomic E-state index is 0.0369. The van der Waals surface area contributed by atoms with Crippen molar-refractivity contribution in [2.45, 2.75) is 6.92 Å². The van der Waals surface area contributed by atoms with Gasteiger partial charge in [-0.05, 0) is 30.3 Å². The van der Waals surface area contributed by atoms with E-state index in [1.807, 2.05) is 42.5 Å². The smallest absolute Gasteiger partial charge is 0.228 e. The molecule has 1 heterocycles. The number of fused-ring (bicyclic) bond motifs is 2. The van der Waals surface area contributed by atoms with Crippen LogP contribution in [0.3, 0.4) is 0 Å². The third kappa shape index (κ3) is 1.69. The second-order valence-corrected chi connectivity index (χ2v) is 4.95. The zero-order valence-corrected chi connectivity index (χ0v) is 11.3. The number of rotatable bonds is 0. The fourth-order valence-electron chi connectivity index (χ4n) is 2.07. The minimum Gasteiger partial charge on any atom is -0.453 e. The lowest BCUT2D eigenvalue weighted by molar-refractivity contribution is -0.115. The summed E-state index contributed by atoms with van der Waals surface area (Å²) in [6.07, 6.45) is 0. The number of ether oxygens (including phenoxy) is 1. The summed E-state index contributed by atoms with van der Waals surface area (Å²) >= 11 is 3.41. The lowest BCUT2D eigenvalue weighted by Crippen LogP contribution is -2.25. The number of anilines is 2. The van der Waals surface area contributed by atoms with Gasteiger partial charge in [0.1, 0.15) is 0 Å². The second-order valence-electron chi connectivity index (χ2n) is 4.04. The number of nitrogens with zero attached hydrogens (tertiary/aromatic N) is 1. The highest BCUT2D eigenvalue weighted by Crippen LogP contribution is 2.47. The SMILES string of the molecule is CC(=O)N1c2ccccc2Oc2ccc(Br)cc21. The molecule has 0 aromatic heterocycles. The third-order valence-electron chi connectivity index (χ3n) is 2.80. The number of amides is 1. The van der Waals surface area contributed by atoms with Gasteiger partial charge >= 0.3 is 0 Å². The maximum absolute atomic E-state index is 11.9. The molecule has 2 aromatic carbocycles. The summed E-state index contributed by atoms with van der Waals surface area (Å²) in [6, 6.07) is 13.1. The van der Waals surface area contributed by atoms with Crippen molar-refractivity contribution in [1.82, 2.24) is 0 Å². The van der Waals surface area contributed by atoms with Crippen LogP contribution in [0.25, 0.3) is 0 Å². The van der Waals surface area contributed by atoms with Crippen molar-refractivity contribution in [2.24, 2.45) is 0 Å². The Bertz CT molecular complexity index is 639. The summed E-state index contributed by atoms with van der Waals surface area (Å²) in [7, 11) is 0. The summed E-state index contributed by atoms with van der Waals surface area (Å²) < 4.78 is 6.71. The molecule has 4 heteroatoms. The van der Waals surface area contributed by atoms with Crippen LogP contribution >= 0.6 is 15.9 Å². The number of carbonyl (C=O) groups is 1. The Labute approximate surface area is 113 Å². The Balaban J connectivity index is 2.24. The molecule has 0 unspecified atom stereocenters. The Morgan fingerprint density at radius 2 is 1.83 bits per heavy atom. The summed E-state index contributed by atoms with van der Waals surface area (Å²) in [4.78, 5) is 13.6. The zero-order chi connectivity index (χ0) is 12.7. The molecule has 2 aromatic rings. The average Bonchev–Trinajstić information content (AvgIpc) is 2.35. The van der Waals surface area contributed by atoms with E-state index in [0.29, 0.717) is 11.5 Å². The Hall–Kier alpha value is -1.81. The zero-order valence-electron chi connectivity index (χ0n) is 9.68. The van der Waals surface area contributed by atoms with Crippen molar-refractivity contribution in [3.63, 3.8) is 0 Å². The normalized spacial score (nSPS) is 12.4. The molecule has 1 aliphatic heterocycles. The summed E-state index contributed by atoms with van der Waals surface area (Å²) in [5, 5.41) is 0. The van der Waals surface area contributed by atoms with Gasteiger partial charge in [0.25, 0.3) is 0 Å². The number of hydrogen-bond donors (Lipinski definition) is 0. The topological polar surface area (TPSA) is 29.5 Å². The maximum Gasteiger partial charge on any atom is 0.228 e. The molecule has 0 radical (unpaired) electrons. The first kappa shape index (κ1) is 11.3. The van der Waals surface area contributed by atoms with E-state index in [2.05, 4.69) is 15.9 Å². The molecule has 3 nitrogen and oxygen atoms in total. The van der Waals surface area contributed by atoms with Crippen molar-refractivity contribution in [3.05, 3.63) is 46.9 Å². The van der Waals surface area contributed by atoms with Crippen LogP contribution in [0, 0.1) is 0 Å². The second kappa shape index (κ2) is 4.14. The fourth-order valence-corrected chi connectivity index (χ4v) is 2.42. The average molecular weight is 304 g/mol. The van der Waals surface area contributed by atoms with Gasteiger partial charge in [-0.15, -0.1) is 0 Å². The molecule has 0 saturated heterocycles. The number of benzene rings is 2. The lowest BCUT2D eigenvalue weighted by atomic mass is 10.1. The molecule has 0 N–H and O–H groups in total. The highest BCUT2D eigenvalue weighted by molar-refractivity contribution is 9.10. The van der Waals surface area contributed by atoms with Gasteiger partial charge in [0.2, 0.25) is 5.91 Å². The molecule has 0 atom stereocenters. The number of carbonyl (C=O) groups excluding carboxylic acids is 1. The van der Waals surface area contributed by atoms with Crippen molar-refractivity contribution in [1.29, 1.82) is 0 Å². The van der Waals surface area contributed by atoms with Gasteiger partial charge in [0, 0.05) is 11.4 Å². The van der Waals surface area contributed by atoms with E-state index >= 15 is 0 Å². The molecule has 0 bridgehead atoms. The van der Waals surface area contributed by atoms with Crippen molar-refractivity contribution < 1.29 is 9.53 Å². The Kier molecular flexibility index (Phi) is 2.59. The highest BCUT2D eigenvalue weighted by atomic mass is 79.9. The molecule has 1 aliphatic rings. The summed E-state index contributed by atoms with van der Waals surface area (Å²) in [5.41, 5.74) is 1.53. The van der Waals surface area contributed by atoms with Gasteiger partial charge in [-0.2, -0.15) is 0 Å². The largest absolute Gasteiger partial charge is 0.453 e. The van der Waals surface area contributed by atoms with Crippen molar-refractivity contribution >= 4 is 33.2 Å². The molecule has 3 rings (SSSR count).